The highest BCUT2D eigenvalue weighted by atomic mass is 32.2. The van der Waals surface area contributed by atoms with Crippen LogP contribution in [-0.2, 0) is 21.7 Å². The first-order chi connectivity index (χ1) is 20.4. The van der Waals surface area contributed by atoms with Crippen molar-refractivity contribution in [2.45, 2.75) is 86.1 Å². The van der Waals surface area contributed by atoms with Crippen LogP contribution in [0.3, 0.4) is 0 Å². The summed E-state index contributed by atoms with van der Waals surface area (Å²) in [5.41, 5.74) is 2.78. The van der Waals surface area contributed by atoms with Gasteiger partial charge in [-0.3, -0.25) is 20.3 Å². The van der Waals surface area contributed by atoms with Gasteiger partial charge >= 0.3 is 0 Å². The number of likely N-dealkylation sites (tertiary alicyclic amines) is 1. The van der Waals surface area contributed by atoms with Crippen LogP contribution in [-0.4, -0.2) is 103 Å². The Morgan fingerprint density at radius 1 is 1.26 bits per heavy atom. The van der Waals surface area contributed by atoms with Gasteiger partial charge in [-0.25, -0.2) is 0 Å². The van der Waals surface area contributed by atoms with Crippen LogP contribution in [0.25, 0.3) is 0 Å². The van der Waals surface area contributed by atoms with Gasteiger partial charge in [0.2, 0.25) is 5.91 Å². The molecule has 1 aliphatic carbocycles. The van der Waals surface area contributed by atoms with Crippen molar-refractivity contribution in [2.75, 3.05) is 46.9 Å². The number of benzene rings is 1. The number of thioether (sulfide) groups is 1. The number of hydrogen-bond acceptors (Lipinski definition) is 9. The number of nitrogens with zero attached hydrogens (tertiary/aromatic N) is 4. The van der Waals surface area contributed by atoms with Crippen molar-refractivity contribution >= 4 is 17.7 Å². The first-order valence-corrected chi connectivity index (χ1v) is 16.6. The predicted molar refractivity (Wildman–Crippen MR) is 165 cm³/mol. The molecule has 9 nitrogen and oxygen atoms in total. The largest absolute Gasteiger partial charge is 0.496 e. The molecule has 3 saturated heterocycles. The second-order valence-corrected chi connectivity index (χ2v) is 14.2. The van der Waals surface area contributed by atoms with Gasteiger partial charge in [0.1, 0.15) is 5.75 Å². The van der Waals surface area contributed by atoms with Crippen molar-refractivity contribution in [2.24, 2.45) is 5.92 Å². The van der Waals surface area contributed by atoms with Gasteiger partial charge in [0.05, 0.1) is 38.4 Å². The van der Waals surface area contributed by atoms with Crippen LogP contribution >= 0.6 is 11.8 Å². The molecule has 6 unspecified atom stereocenters. The zero-order valence-corrected chi connectivity index (χ0v) is 25.9. The van der Waals surface area contributed by atoms with E-state index in [9.17, 15) is 10.1 Å². The van der Waals surface area contributed by atoms with Crippen molar-refractivity contribution in [3.63, 3.8) is 0 Å². The van der Waals surface area contributed by atoms with E-state index in [0.29, 0.717) is 44.1 Å². The second kappa shape index (κ2) is 12.8. The monoisotopic (exact) mass is 594 g/mol. The fourth-order valence-electron chi connectivity index (χ4n) is 8.10. The molecule has 42 heavy (non-hydrogen) atoms. The molecule has 0 radical (unpaired) electrons. The van der Waals surface area contributed by atoms with Crippen LogP contribution in [0, 0.1) is 17.2 Å². The Morgan fingerprint density at radius 2 is 2.14 bits per heavy atom. The van der Waals surface area contributed by atoms with Gasteiger partial charge in [0, 0.05) is 53.7 Å². The van der Waals surface area contributed by atoms with E-state index < -0.39 is 0 Å². The van der Waals surface area contributed by atoms with Crippen LogP contribution in [0.4, 0.5) is 0 Å². The minimum Gasteiger partial charge on any atom is -0.496 e. The summed E-state index contributed by atoms with van der Waals surface area (Å²) in [5, 5.41) is 17.3. The topological polar surface area (TPSA) is 93.1 Å². The lowest BCUT2D eigenvalue weighted by Gasteiger charge is -2.56. The molecule has 7 atom stereocenters. The van der Waals surface area contributed by atoms with E-state index in [1.807, 2.05) is 4.90 Å². The minimum absolute atomic E-state index is 0.0845. The van der Waals surface area contributed by atoms with Crippen molar-refractivity contribution < 1.29 is 14.3 Å². The van der Waals surface area contributed by atoms with Gasteiger partial charge in [0.25, 0.3) is 0 Å². The summed E-state index contributed by atoms with van der Waals surface area (Å²) in [5.74, 6) is 2.33. The normalized spacial score (nSPS) is 35.3. The van der Waals surface area contributed by atoms with Crippen LogP contribution < -0.4 is 15.4 Å². The Morgan fingerprint density at radius 3 is 2.90 bits per heavy atom. The van der Waals surface area contributed by atoms with Crippen LogP contribution in [0.1, 0.15) is 49.7 Å². The molecular formula is C32H46N6O3S. The molecule has 2 N–H and O–H groups in total. The number of hydrogen-bond donors (Lipinski definition) is 2. The zero-order chi connectivity index (χ0) is 29.3. The van der Waals surface area contributed by atoms with Crippen LogP contribution in [0.5, 0.6) is 5.75 Å². The molecule has 6 rings (SSSR count). The highest BCUT2D eigenvalue weighted by Crippen LogP contribution is 2.51. The zero-order valence-electron chi connectivity index (χ0n) is 25.1. The lowest BCUT2D eigenvalue weighted by atomic mass is 9.72. The number of rotatable bonds is 7. The van der Waals surface area contributed by atoms with E-state index in [1.54, 1.807) is 7.11 Å². The molecule has 4 fully saturated rings. The SMILES string of the molecule is C=CC(=O)N1CCN(C2NC(OCC3CCCN3C)NC3C[C@@]4(CCC32)Cc2cccc(OC)c2CS4)CC1CC#N. The summed E-state index contributed by atoms with van der Waals surface area (Å²) in [4.78, 5) is 19.3. The molecule has 0 aromatic heterocycles. The first-order valence-electron chi connectivity index (χ1n) is 15.6. The Kier molecular flexibility index (Phi) is 9.15. The average molecular weight is 595 g/mol. The third-order valence-electron chi connectivity index (χ3n) is 10.4. The summed E-state index contributed by atoms with van der Waals surface area (Å²) in [6.07, 6.45) is 8.45. The van der Waals surface area contributed by atoms with E-state index >= 15 is 0 Å². The fraction of sp³-hybridized carbons (Fsp3) is 0.688. The van der Waals surface area contributed by atoms with Gasteiger partial charge in [-0.05, 0) is 69.8 Å². The van der Waals surface area contributed by atoms with Crippen LogP contribution in [0.2, 0.25) is 0 Å². The third-order valence-corrected chi connectivity index (χ3v) is 12.0. The molecule has 4 aliphatic heterocycles. The predicted octanol–water partition coefficient (Wildman–Crippen LogP) is 2.92. The Hall–Kier alpha value is -2.13. The van der Waals surface area contributed by atoms with Crippen molar-refractivity contribution in [3.05, 3.63) is 42.0 Å². The summed E-state index contributed by atoms with van der Waals surface area (Å²) in [6, 6.07) is 9.45. The van der Waals surface area contributed by atoms with E-state index in [-0.39, 0.29) is 29.2 Å². The minimum atomic E-state index is -0.233. The average Bonchev–Trinajstić information content (AvgIpc) is 3.43. The quantitative estimate of drug-likeness (QED) is 0.463. The molecular weight excluding hydrogens is 548 g/mol. The van der Waals surface area contributed by atoms with Crippen molar-refractivity contribution in [1.82, 2.24) is 25.3 Å². The summed E-state index contributed by atoms with van der Waals surface area (Å²) in [6.45, 7) is 7.59. The number of ether oxygens (including phenoxy) is 2. The standard InChI is InChI=1S/C32H46N6O3S/c1-4-29(39)38-16-15-37(19-23(38)11-13-33)30-25-10-12-32(17-22-7-5-9-28(40-3)26(22)21-42-32)18-27(25)34-31(35-30)41-20-24-8-6-14-36(24)2/h4-5,7,9,23-25,27,30-31,34-35H,1,6,8,10-12,14-21H2,2-3H3/t23?,24?,25?,27?,30?,31?,32-/m1/s1. The summed E-state index contributed by atoms with van der Waals surface area (Å²) < 4.78 is 12.5. The number of carbonyl (C=O) groups excluding carboxylic acids is 1. The number of likely N-dealkylation sites (N-methyl/N-ethyl adjacent to an activating group) is 1. The van der Waals surface area contributed by atoms with E-state index in [0.717, 1.165) is 43.9 Å². The molecule has 4 heterocycles. The molecule has 1 aromatic rings. The molecule has 5 aliphatic rings. The number of carbonyl (C=O) groups is 1. The Balaban J connectivity index is 1.21. The number of methoxy groups -OCH3 is 1. The maximum absolute atomic E-state index is 12.6. The van der Waals surface area contributed by atoms with Gasteiger partial charge in [-0.15, -0.1) is 11.8 Å². The Bertz CT molecular complexity index is 1190. The maximum Gasteiger partial charge on any atom is 0.246 e. The van der Waals surface area contributed by atoms with Crippen LogP contribution in [0.15, 0.2) is 30.9 Å². The van der Waals surface area contributed by atoms with E-state index in [2.05, 4.69) is 70.1 Å². The first kappa shape index (κ1) is 29.9. The summed E-state index contributed by atoms with van der Waals surface area (Å²) >= 11 is 2.11. The van der Waals surface area contributed by atoms with Crippen molar-refractivity contribution in [3.8, 4) is 11.8 Å². The van der Waals surface area contributed by atoms with Gasteiger partial charge in [0.15, 0.2) is 6.35 Å². The van der Waals surface area contributed by atoms with E-state index in [4.69, 9.17) is 9.47 Å². The number of piperazine rings is 1. The highest BCUT2D eigenvalue weighted by molar-refractivity contribution is 8.00. The molecule has 228 valence electrons. The maximum atomic E-state index is 12.6. The van der Waals surface area contributed by atoms with Gasteiger partial charge < -0.3 is 19.3 Å². The number of amides is 1. The third kappa shape index (κ3) is 5.97. The molecule has 1 amide bonds. The van der Waals surface area contributed by atoms with Gasteiger partial charge in [-0.2, -0.15) is 5.26 Å². The molecule has 1 spiro atoms. The number of fused-ring (bicyclic) bond motifs is 2. The molecule has 1 saturated carbocycles. The van der Waals surface area contributed by atoms with E-state index in [1.165, 1.54) is 36.5 Å². The fourth-order valence-corrected chi connectivity index (χ4v) is 9.70. The molecule has 10 heteroatoms. The van der Waals surface area contributed by atoms with Crippen molar-refractivity contribution in [1.29, 1.82) is 5.26 Å². The lowest BCUT2D eigenvalue weighted by Crippen LogP contribution is -2.73. The smallest absolute Gasteiger partial charge is 0.246 e. The second-order valence-electron chi connectivity index (χ2n) is 12.8. The summed E-state index contributed by atoms with van der Waals surface area (Å²) in [7, 11) is 3.96. The number of nitriles is 1. The van der Waals surface area contributed by atoms with Gasteiger partial charge in [-0.1, -0.05) is 18.7 Å². The lowest BCUT2D eigenvalue weighted by molar-refractivity contribution is -0.135. The molecule has 1 aromatic carbocycles. The molecule has 0 bridgehead atoms. The number of nitrogens with one attached hydrogen (secondary N) is 2. The highest BCUT2D eigenvalue weighted by Gasteiger charge is 2.50. The Labute approximate surface area is 254 Å².